The Balaban J connectivity index is 1.70. The number of carbonyl (C=O) groups excluding carboxylic acids is 3. The summed E-state index contributed by atoms with van der Waals surface area (Å²) < 4.78 is 0. The van der Waals surface area contributed by atoms with Gasteiger partial charge in [0.15, 0.2) is 0 Å². The summed E-state index contributed by atoms with van der Waals surface area (Å²) in [4.78, 5) is 35.1. The summed E-state index contributed by atoms with van der Waals surface area (Å²) >= 11 is 0. The van der Waals surface area contributed by atoms with Crippen LogP contribution in [-0.2, 0) is 4.79 Å². The molecule has 2 aromatic carbocycles. The highest BCUT2D eigenvalue weighted by Crippen LogP contribution is 2.30. The first-order valence-electron chi connectivity index (χ1n) is 7.99. The van der Waals surface area contributed by atoms with Gasteiger partial charge in [-0.25, -0.2) is 0 Å². The van der Waals surface area contributed by atoms with Crippen molar-refractivity contribution in [2.45, 2.75) is 19.8 Å². The van der Waals surface area contributed by atoms with Crippen LogP contribution in [0.2, 0.25) is 0 Å². The lowest BCUT2D eigenvalue weighted by Gasteiger charge is -2.13. The van der Waals surface area contributed by atoms with Crippen LogP contribution < -0.4 is 15.7 Å². The van der Waals surface area contributed by atoms with E-state index >= 15 is 0 Å². The molecule has 6 nitrogen and oxygen atoms in total. The molecule has 0 bridgehead atoms. The Morgan fingerprint density at radius 2 is 1.68 bits per heavy atom. The molecule has 2 aromatic rings. The second-order valence-electron chi connectivity index (χ2n) is 6.06. The van der Waals surface area contributed by atoms with Crippen molar-refractivity contribution in [1.29, 1.82) is 0 Å². The molecule has 1 saturated carbocycles. The molecular weight excluding hydrogens is 320 g/mol. The highest BCUT2D eigenvalue weighted by Gasteiger charge is 2.29. The minimum Gasteiger partial charge on any atom is -0.545 e. The van der Waals surface area contributed by atoms with E-state index in [0.717, 1.165) is 12.8 Å². The van der Waals surface area contributed by atoms with Crippen molar-refractivity contribution in [3.8, 4) is 0 Å². The van der Waals surface area contributed by atoms with Gasteiger partial charge in [-0.2, -0.15) is 0 Å². The summed E-state index contributed by atoms with van der Waals surface area (Å²) in [6, 6.07) is 11.1. The Morgan fingerprint density at radius 1 is 1.00 bits per heavy atom. The number of benzene rings is 2. The number of nitrogens with one attached hydrogen (secondary N) is 2. The van der Waals surface area contributed by atoms with E-state index in [1.54, 1.807) is 43.3 Å². The fourth-order valence-corrected chi connectivity index (χ4v) is 2.48. The lowest BCUT2D eigenvalue weighted by molar-refractivity contribution is -0.255. The first-order chi connectivity index (χ1) is 12.0. The van der Waals surface area contributed by atoms with E-state index in [1.807, 2.05) is 0 Å². The van der Waals surface area contributed by atoms with Crippen LogP contribution in [0.4, 0.5) is 11.4 Å². The van der Waals surface area contributed by atoms with Crippen molar-refractivity contribution in [2.24, 2.45) is 5.92 Å². The van der Waals surface area contributed by atoms with E-state index < -0.39 is 5.97 Å². The molecule has 1 aliphatic carbocycles. The minimum atomic E-state index is -1.29. The third kappa shape index (κ3) is 3.85. The number of hydrogen-bond acceptors (Lipinski definition) is 4. The highest BCUT2D eigenvalue weighted by atomic mass is 16.4. The van der Waals surface area contributed by atoms with Crippen molar-refractivity contribution < 1.29 is 19.5 Å². The third-order valence-electron chi connectivity index (χ3n) is 4.16. The molecule has 0 saturated heterocycles. The fraction of sp³-hybridized carbons (Fsp3) is 0.211. The third-order valence-corrected chi connectivity index (χ3v) is 4.16. The van der Waals surface area contributed by atoms with Gasteiger partial charge in [0.05, 0.1) is 5.97 Å². The van der Waals surface area contributed by atoms with Crippen LogP contribution in [0.25, 0.3) is 0 Å². The van der Waals surface area contributed by atoms with Gasteiger partial charge in [0, 0.05) is 28.4 Å². The average Bonchev–Trinajstić information content (AvgIpc) is 3.42. The van der Waals surface area contributed by atoms with Crippen molar-refractivity contribution in [1.82, 2.24) is 0 Å². The Kier molecular flexibility index (Phi) is 4.52. The lowest BCUT2D eigenvalue weighted by atomic mass is 10.1. The smallest absolute Gasteiger partial charge is 0.255 e. The molecule has 25 heavy (non-hydrogen) atoms. The molecule has 3 rings (SSSR count). The van der Waals surface area contributed by atoms with Gasteiger partial charge in [0.25, 0.3) is 5.91 Å². The van der Waals surface area contributed by atoms with Crippen LogP contribution in [0.1, 0.15) is 39.1 Å². The molecule has 2 N–H and O–H groups in total. The van der Waals surface area contributed by atoms with Gasteiger partial charge in [0.1, 0.15) is 0 Å². The maximum atomic E-state index is 12.3. The Hall–Kier alpha value is -3.15. The number of hydrogen-bond donors (Lipinski definition) is 2. The Bertz CT molecular complexity index is 839. The molecule has 0 radical (unpaired) electrons. The SMILES string of the molecule is Cc1c(NC(=O)c2ccc(NC(=O)C3CC3)cc2)cccc1C(=O)[O-]. The zero-order valence-electron chi connectivity index (χ0n) is 13.7. The molecule has 2 amide bonds. The zero-order valence-corrected chi connectivity index (χ0v) is 13.7. The molecule has 0 aromatic heterocycles. The number of rotatable bonds is 5. The van der Waals surface area contributed by atoms with Crippen molar-refractivity contribution in [3.05, 3.63) is 59.2 Å². The van der Waals surface area contributed by atoms with Gasteiger partial charge in [-0.1, -0.05) is 12.1 Å². The van der Waals surface area contributed by atoms with Crippen molar-refractivity contribution in [3.63, 3.8) is 0 Å². The van der Waals surface area contributed by atoms with Crippen LogP contribution in [-0.4, -0.2) is 17.8 Å². The van der Waals surface area contributed by atoms with Crippen LogP contribution >= 0.6 is 0 Å². The monoisotopic (exact) mass is 337 g/mol. The van der Waals surface area contributed by atoms with Gasteiger partial charge < -0.3 is 20.5 Å². The number of carbonyl (C=O) groups is 3. The van der Waals surface area contributed by atoms with E-state index in [0.29, 0.717) is 22.5 Å². The number of carboxylic acid groups (broad SMARTS) is 1. The van der Waals surface area contributed by atoms with E-state index in [-0.39, 0.29) is 23.3 Å². The van der Waals surface area contributed by atoms with Gasteiger partial charge in [-0.15, -0.1) is 0 Å². The summed E-state index contributed by atoms with van der Waals surface area (Å²) in [5, 5.41) is 16.5. The molecule has 1 aliphatic rings. The minimum absolute atomic E-state index is 0.00641. The predicted molar refractivity (Wildman–Crippen MR) is 91.3 cm³/mol. The molecule has 0 atom stereocenters. The van der Waals surface area contributed by atoms with Crippen LogP contribution in [0, 0.1) is 12.8 Å². The summed E-state index contributed by atoms with van der Waals surface area (Å²) in [6.45, 7) is 1.61. The van der Waals surface area contributed by atoms with Crippen LogP contribution in [0.15, 0.2) is 42.5 Å². The fourth-order valence-electron chi connectivity index (χ4n) is 2.48. The molecule has 0 unspecified atom stereocenters. The van der Waals surface area contributed by atoms with Crippen LogP contribution in [0.5, 0.6) is 0 Å². The molecular formula is C19H17N2O4-. The maximum Gasteiger partial charge on any atom is 0.255 e. The predicted octanol–water partition coefficient (Wildman–Crippen LogP) is 1.96. The molecule has 0 spiro atoms. The second-order valence-corrected chi connectivity index (χ2v) is 6.06. The van der Waals surface area contributed by atoms with Crippen LogP contribution in [0.3, 0.4) is 0 Å². The van der Waals surface area contributed by atoms with Gasteiger partial charge in [-0.3, -0.25) is 9.59 Å². The summed E-state index contributed by atoms with van der Waals surface area (Å²) in [5.41, 5.74) is 1.93. The first-order valence-corrected chi connectivity index (χ1v) is 7.99. The second kappa shape index (κ2) is 6.76. The molecule has 128 valence electrons. The lowest BCUT2D eigenvalue weighted by Crippen LogP contribution is -2.24. The number of carboxylic acids is 1. The van der Waals surface area contributed by atoms with E-state index in [1.165, 1.54) is 6.07 Å². The standard InChI is InChI=1S/C19H18N2O4/c1-11-15(19(24)25)3-2-4-16(11)21-18(23)13-7-9-14(10-8-13)20-17(22)12-5-6-12/h2-4,7-10,12H,5-6H2,1H3,(H,20,22)(H,21,23)(H,24,25)/p-1. The highest BCUT2D eigenvalue weighted by molar-refractivity contribution is 6.06. The topological polar surface area (TPSA) is 98.3 Å². The normalized spacial score (nSPS) is 13.2. The van der Waals surface area contributed by atoms with E-state index in [9.17, 15) is 19.5 Å². The number of amides is 2. The zero-order chi connectivity index (χ0) is 18.0. The van der Waals surface area contributed by atoms with Gasteiger partial charge in [0.2, 0.25) is 5.91 Å². The maximum absolute atomic E-state index is 12.3. The van der Waals surface area contributed by atoms with E-state index in [2.05, 4.69) is 10.6 Å². The van der Waals surface area contributed by atoms with Crippen molar-refractivity contribution in [2.75, 3.05) is 10.6 Å². The number of anilines is 2. The largest absolute Gasteiger partial charge is 0.545 e. The average molecular weight is 337 g/mol. The molecule has 1 fully saturated rings. The van der Waals surface area contributed by atoms with Gasteiger partial charge >= 0.3 is 0 Å². The number of aromatic carboxylic acids is 1. The molecule has 6 heteroatoms. The summed E-state index contributed by atoms with van der Waals surface area (Å²) in [5.74, 6) is -1.53. The molecule has 0 heterocycles. The summed E-state index contributed by atoms with van der Waals surface area (Å²) in [6.07, 6.45) is 1.85. The first kappa shape index (κ1) is 16.7. The summed E-state index contributed by atoms with van der Waals surface area (Å²) in [7, 11) is 0. The Morgan fingerprint density at radius 3 is 2.28 bits per heavy atom. The molecule has 0 aliphatic heterocycles. The Labute approximate surface area is 144 Å². The van der Waals surface area contributed by atoms with Gasteiger partial charge in [-0.05, 0) is 55.7 Å². The quantitative estimate of drug-likeness (QED) is 0.871. The van der Waals surface area contributed by atoms with E-state index in [4.69, 9.17) is 0 Å². The van der Waals surface area contributed by atoms with Crippen molar-refractivity contribution >= 4 is 29.2 Å².